The van der Waals surface area contributed by atoms with Crippen LogP contribution in [0.3, 0.4) is 0 Å². The van der Waals surface area contributed by atoms with Crippen LogP contribution in [0.2, 0.25) is 0 Å². The van der Waals surface area contributed by atoms with Gasteiger partial charge in [0.1, 0.15) is 5.75 Å². The normalized spacial score (nSPS) is 17.5. The van der Waals surface area contributed by atoms with Crippen LogP contribution in [0.1, 0.15) is 42.6 Å². The molecule has 0 bridgehead atoms. The number of ketones is 1. The molecule has 6 heteroatoms. The van der Waals surface area contributed by atoms with Crippen molar-refractivity contribution in [2.45, 2.75) is 38.7 Å². The van der Waals surface area contributed by atoms with E-state index in [1.54, 1.807) is 26.0 Å². The Kier molecular flexibility index (Phi) is 4.43. The summed E-state index contributed by atoms with van der Waals surface area (Å²) in [6, 6.07) is 5.44. The number of hydrogen-bond donors (Lipinski definition) is 1. The third-order valence-electron chi connectivity index (χ3n) is 3.95. The molecule has 0 fully saturated rings. The maximum absolute atomic E-state index is 12.4. The highest BCUT2D eigenvalue weighted by Crippen LogP contribution is 2.27. The summed E-state index contributed by atoms with van der Waals surface area (Å²) in [5.74, 6) is 1.47. The van der Waals surface area contributed by atoms with Gasteiger partial charge in [0, 0.05) is 17.7 Å². The number of nitrogens with zero attached hydrogens (tertiary/aromatic N) is 1. The second kappa shape index (κ2) is 6.35. The minimum Gasteiger partial charge on any atom is -0.478 e. The Hall–Kier alpha value is -1.82. The highest BCUT2D eigenvalue weighted by Gasteiger charge is 2.32. The Labute approximate surface area is 139 Å². The van der Waals surface area contributed by atoms with E-state index in [1.165, 1.54) is 11.8 Å². The lowest BCUT2D eigenvalue weighted by Crippen LogP contribution is -2.47. The van der Waals surface area contributed by atoms with Crippen LogP contribution in [-0.2, 0) is 11.2 Å². The van der Waals surface area contributed by atoms with Crippen LogP contribution in [0.15, 0.2) is 23.2 Å². The Balaban J connectivity index is 1.72. The van der Waals surface area contributed by atoms with Crippen molar-refractivity contribution in [3.05, 3.63) is 29.3 Å². The second-order valence-electron chi connectivity index (χ2n) is 6.20. The summed E-state index contributed by atoms with van der Waals surface area (Å²) >= 11 is 1.54. The zero-order valence-corrected chi connectivity index (χ0v) is 14.2. The third kappa shape index (κ3) is 3.58. The molecular weight excluding hydrogens is 312 g/mol. The average Bonchev–Trinajstić information content (AvgIpc) is 3.00. The minimum atomic E-state index is -1.02. The molecule has 0 saturated heterocycles. The van der Waals surface area contributed by atoms with E-state index < -0.39 is 5.60 Å². The minimum absolute atomic E-state index is 0.186. The molecule has 1 aliphatic carbocycles. The zero-order chi connectivity index (χ0) is 16.4. The molecule has 0 radical (unpaired) electrons. The fourth-order valence-electron chi connectivity index (χ4n) is 2.69. The molecular formula is C17H20N2O3S. The summed E-state index contributed by atoms with van der Waals surface area (Å²) in [4.78, 5) is 28.5. The largest absolute Gasteiger partial charge is 0.478 e. The molecule has 1 heterocycles. The molecule has 1 aromatic rings. The predicted octanol–water partition coefficient (Wildman–Crippen LogP) is 2.58. The molecule has 5 nitrogen and oxygen atoms in total. The fourth-order valence-corrected chi connectivity index (χ4v) is 3.41. The summed E-state index contributed by atoms with van der Waals surface area (Å²) in [6.07, 6.45) is 2.36. The summed E-state index contributed by atoms with van der Waals surface area (Å²) in [7, 11) is 0. The van der Waals surface area contributed by atoms with Crippen molar-refractivity contribution in [3.63, 3.8) is 0 Å². The van der Waals surface area contributed by atoms with Crippen molar-refractivity contribution in [1.82, 2.24) is 5.32 Å². The number of nitrogens with one attached hydrogen (secondary N) is 1. The summed E-state index contributed by atoms with van der Waals surface area (Å²) in [6.45, 7) is 4.20. The lowest BCUT2D eigenvalue weighted by atomic mass is 9.90. The highest BCUT2D eigenvalue weighted by atomic mass is 32.2. The van der Waals surface area contributed by atoms with Crippen LogP contribution in [0, 0.1) is 0 Å². The van der Waals surface area contributed by atoms with E-state index in [0.717, 1.165) is 36.3 Å². The first-order chi connectivity index (χ1) is 11.0. The Bertz CT molecular complexity index is 682. The third-order valence-corrected chi connectivity index (χ3v) is 4.84. The number of amidine groups is 1. The molecule has 0 unspecified atom stereocenters. The summed E-state index contributed by atoms with van der Waals surface area (Å²) < 4.78 is 5.89. The second-order valence-corrected chi connectivity index (χ2v) is 7.28. The molecule has 1 amide bonds. The Morgan fingerprint density at radius 3 is 2.91 bits per heavy atom. The van der Waals surface area contributed by atoms with Gasteiger partial charge in [-0.2, -0.15) is 0 Å². The summed E-state index contributed by atoms with van der Waals surface area (Å²) in [5, 5.41) is 3.46. The van der Waals surface area contributed by atoms with Crippen molar-refractivity contribution in [3.8, 4) is 5.75 Å². The van der Waals surface area contributed by atoms with Crippen molar-refractivity contribution in [1.29, 1.82) is 0 Å². The van der Waals surface area contributed by atoms with Gasteiger partial charge < -0.3 is 10.1 Å². The quantitative estimate of drug-likeness (QED) is 0.924. The van der Waals surface area contributed by atoms with Crippen molar-refractivity contribution >= 4 is 28.6 Å². The molecule has 0 saturated carbocycles. The van der Waals surface area contributed by atoms with Crippen LogP contribution in [-0.4, -0.2) is 34.8 Å². The van der Waals surface area contributed by atoms with E-state index in [2.05, 4.69) is 10.3 Å². The van der Waals surface area contributed by atoms with E-state index in [9.17, 15) is 9.59 Å². The van der Waals surface area contributed by atoms with E-state index in [4.69, 9.17) is 4.74 Å². The van der Waals surface area contributed by atoms with Crippen LogP contribution in [0.25, 0.3) is 0 Å². The average molecular weight is 332 g/mol. The van der Waals surface area contributed by atoms with Gasteiger partial charge in [-0.05, 0) is 50.5 Å². The SMILES string of the molecule is CC(C)(Oc1ccc2c(c1)CCCC2=O)C(=O)NC1=NCCS1. The number of carbonyl (C=O) groups is 2. The van der Waals surface area contributed by atoms with Crippen LogP contribution >= 0.6 is 11.8 Å². The lowest BCUT2D eigenvalue weighted by Gasteiger charge is -2.26. The number of benzene rings is 1. The number of hydrogen-bond acceptors (Lipinski definition) is 5. The number of ether oxygens (including phenoxy) is 1. The maximum atomic E-state index is 12.4. The van der Waals surface area contributed by atoms with Crippen molar-refractivity contribution in [2.75, 3.05) is 12.3 Å². The van der Waals surface area contributed by atoms with Crippen molar-refractivity contribution < 1.29 is 14.3 Å². The van der Waals surface area contributed by atoms with Crippen molar-refractivity contribution in [2.24, 2.45) is 4.99 Å². The molecule has 1 N–H and O–H groups in total. The first-order valence-electron chi connectivity index (χ1n) is 7.79. The monoisotopic (exact) mass is 332 g/mol. The van der Waals surface area contributed by atoms with Crippen LogP contribution < -0.4 is 10.1 Å². The van der Waals surface area contributed by atoms with Gasteiger partial charge in [-0.25, -0.2) is 0 Å². The first-order valence-corrected chi connectivity index (χ1v) is 8.78. The maximum Gasteiger partial charge on any atom is 0.269 e. The van der Waals surface area contributed by atoms with E-state index in [-0.39, 0.29) is 11.7 Å². The van der Waals surface area contributed by atoms with Gasteiger partial charge in [-0.1, -0.05) is 11.8 Å². The number of fused-ring (bicyclic) bond motifs is 1. The van der Waals surface area contributed by atoms with Crippen LogP contribution in [0.5, 0.6) is 5.75 Å². The molecule has 0 atom stereocenters. The molecule has 1 aliphatic heterocycles. The standard InChI is InChI=1S/C17H20N2O3S/c1-17(2,15(21)19-16-18-8-9-23-16)22-12-6-7-13-11(10-12)4-3-5-14(13)20/h6-7,10H,3-5,8-9H2,1-2H3,(H,18,19,21). The molecule has 3 rings (SSSR count). The zero-order valence-electron chi connectivity index (χ0n) is 13.3. The number of thioether (sulfide) groups is 1. The van der Waals surface area contributed by atoms with Gasteiger partial charge in [0.2, 0.25) is 0 Å². The smallest absolute Gasteiger partial charge is 0.269 e. The van der Waals surface area contributed by atoms with Gasteiger partial charge in [0.15, 0.2) is 16.6 Å². The lowest BCUT2D eigenvalue weighted by molar-refractivity contribution is -0.132. The number of amides is 1. The van der Waals surface area contributed by atoms with E-state index in [0.29, 0.717) is 17.3 Å². The molecule has 2 aliphatic rings. The molecule has 0 spiro atoms. The predicted molar refractivity (Wildman–Crippen MR) is 91.3 cm³/mol. The van der Waals surface area contributed by atoms with E-state index >= 15 is 0 Å². The van der Waals surface area contributed by atoms with Gasteiger partial charge >= 0.3 is 0 Å². The summed E-state index contributed by atoms with van der Waals surface area (Å²) in [5.41, 5.74) is 0.770. The highest BCUT2D eigenvalue weighted by molar-refractivity contribution is 8.14. The van der Waals surface area contributed by atoms with Crippen LogP contribution in [0.4, 0.5) is 0 Å². The molecule has 122 valence electrons. The molecule has 23 heavy (non-hydrogen) atoms. The number of aliphatic imine (C=N–C) groups is 1. The number of Topliss-reactive ketones (excluding diaryl/α,β-unsaturated/α-hetero) is 1. The Morgan fingerprint density at radius 1 is 1.35 bits per heavy atom. The number of aryl methyl sites for hydroxylation is 1. The fraction of sp³-hybridized carbons (Fsp3) is 0.471. The number of rotatable bonds is 3. The molecule has 0 aromatic heterocycles. The van der Waals surface area contributed by atoms with Gasteiger partial charge in [-0.3, -0.25) is 14.6 Å². The van der Waals surface area contributed by atoms with Gasteiger partial charge in [0.05, 0.1) is 6.54 Å². The topological polar surface area (TPSA) is 67.8 Å². The van der Waals surface area contributed by atoms with Gasteiger partial charge in [0.25, 0.3) is 5.91 Å². The van der Waals surface area contributed by atoms with E-state index in [1.807, 2.05) is 6.07 Å². The number of carbonyl (C=O) groups excluding carboxylic acids is 2. The first kappa shape index (κ1) is 16.1. The molecule has 1 aromatic carbocycles. The Morgan fingerprint density at radius 2 is 2.17 bits per heavy atom. The van der Waals surface area contributed by atoms with Gasteiger partial charge in [-0.15, -0.1) is 0 Å².